The van der Waals surface area contributed by atoms with E-state index in [-0.39, 0.29) is 11.2 Å². The average Bonchev–Trinajstić information content (AvgIpc) is 2.89. The summed E-state index contributed by atoms with van der Waals surface area (Å²) in [6.45, 7) is 3.73. The first-order chi connectivity index (χ1) is 10.6. The molecule has 0 aliphatic carbocycles. The lowest BCUT2D eigenvalue weighted by molar-refractivity contribution is -0.115. The van der Waals surface area contributed by atoms with Crippen molar-refractivity contribution in [2.24, 2.45) is 0 Å². The highest BCUT2D eigenvalue weighted by Crippen LogP contribution is 2.27. The van der Waals surface area contributed by atoms with Crippen molar-refractivity contribution in [3.05, 3.63) is 42.2 Å². The maximum Gasteiger partial charge on any atom is 0.239 e. The number of aromatic nitrogens is 3. The minimum atomic E-state index is -0.297. The van der Waals surface area contributed by atoms with Gasteiger partial charge in [0.15, 0.2) is 10.3 Å². The summed E-state index contributed by atoms with van der Waals surface area (Å²) in [5.41, 5.74) is 1.78. The van der Waals surface area contributed by atoms with Crippen molar-refractivity contribution in [3.63, 3.8) is 0 Å². The van der Waals surface area contributed by atoms with Crippen LogP contribution in [0.3, 0.4) is 0 Å². The summed E-state index contributed by atoms with van der Waals surface area (Å²) in [6, 6.07) is 9.64. The van der Waals surface area contributed by atoms with E-state index in [4.69, 9.17) is 0 Å². The van der Waals surface area contributed by atoms with Gasteiger partial charge >= 0.3 is 0 Å². The molecule has 22 heavy (non-hydrogen) atoms. The number of benzene rings is 1. The van der Waals surface area contributed by atoms with Gasteiger partial charge in [-0.15, -0.1) is 0 Å². The topological polar surface area (TPSA) is 67.8 Å². The van der Waals surface area contributed by atoms with E-state index >= 15 is 0 Å². The summed E-state index contributed by atoms with van der Waals surface area (Å²) in [6.07, 6.45) is 1.70. The molecule has 1 atom stereocenters. The van der Waals surface area contributed by atoms with Gasteiger partial charge in [0.05, 0.1) is 15.5 Å². The molecule has 1 amide bonds. The van der Waals surface area contributed by atoms with E-state index in [2.05, 4.69) is 20.3 Å². The van der Waals surface area contributed by atoms with Gasteiger partial charge in [-0.1, -0.05) is 35.2 Å². The van der Waals surface area contributed by atoms with Gasteiger partial charge in [0.1, 0.15) is 0 Å². The summed E-state index contributed by atoms with van der Waals surface area (Å²) >= 11 is 2.80. The number of thiazole rings is 1. The van der Waals surface area contributed by atoms with Crippen molar-refractivity contribution in [2.45, 2.75) is 24.3 Å². The fourth-order valence-electron chi connectivity index (χ4n) is 1.83. The van der Waals surface area contributed by atoms with Gasteiger partial charge in [0.25, 0.3) is 0 Å². The zero-order valence-electron chi connectivity index (χ0n) is 12.1. The molecule has 0 aliphatic heterocycles. The molecule has 7 heteroatoms. The number of nitrogens with one attached hydrogen (secondary N) is 1. The molecule has 0 bridgehead atoms. The van der Waals surface area contributed by atoms with Crippen LogP contribution >= 0.6 is 23.1 Å². The zero-order chi connectivity index (χ0) is 15.5. The Hall–Kier alpha value is -1.99. The van der Waals surface area contributed by atoms with Gasteiger partial charge < -0.3 is 5.32 Å². The van der Waals surface area contributed by atoms with Crippen LogP contribution in [-0.4, -0.2) is 26.1 Å². The molecular weight excluding hydrogens is 316 g/mol. The molecule has 0 unspecified atom stereocenters. The van der Waals surface area contributed by atoms with Crippen LogP contribution in [0.1, 0.15) is 12.6 Å². The molecule has 5 nitrogen and oxygen atoms in total. The molecule has 1 N–H and O–H groups in total. The average molecular weight is 330 g/mol. The monoisotopic (exact) mass is 330 g/mol. The standard InChI is InChI=1S/C15H14N4OS2/c1-9-7-8-16-14(17-9)21-10(2)13(20)19-15-18-11-5-3-4-6-12(11)22-15/h3-8,10H,1-2H3,(H,18,19,20)/t10-/m1/s1. The summed E-state index contributed by atoms with van der Waals surface area (Å²) in [4.78, 5) is 25.1. The zero-order valence-corrected chi connectivity index (χ0v) is 13.7. The van der Waals surface area contributed by atoms with Crippen LogP contribution in [0.4, 0.5) is 5.13 Å². The Labute approximate surface area is 136 Å². The second-order valence-corrected chi connectivity index (χ2v) is 7.06. The van der Waals surface area contributed by atoms with E-state index in [1.807, 2.05) is 44.2 Å². The van der Waals surface area contributed by atoms with Crippen molar-refractivity contribution in [2.75, 3.05) is 5.32 Å². The van der Waals surface area contributed by atoms with E-state index in [9.17, 15) is 4.79 Å². The maximum absolute atomic E-state index is 12.3. The first-order valence-electron chi connectivity index (χ1n) is 6.74. The SMILES string of the molecule is Cc1ccnc(S[C@H](C)C(=O)Nc2nc3ccccc3s2)n1. The van der Waals surface area contributed by atoms with Crippen LogP contribution in [0, 0.1) is 6.92 Å². The lowest BCUT2D eigenvalue weighted by Gasteiger charge is -2.09. The Morgan fingerprint density at radius 3 is 2.86 bits per heavy atom. The molecule has 0 radical (unpaired) electrons. The fraction of sp³-hybridized carbons (Fsp3) is 0.200. The Bertz CT molecular complexity index is 785. The highest BCUT2D eigenvalue weighted by Gasteiger charge is 2.17. The number of carbonyl (C=O) groups excluding carboxylic acids is 1. The number of para-hydroxylation sites is 1. The molecule has 2 aromatic heterocycles. The Balaban J connectivity index is 1.68. The smallest absolute Gasteiger partial charge is 0.239 e. The third kappa shape index (κ3) is 3.42. The number of thioether (sulfide) groups is 1. The molecule has 2 heterocycles. The van der Waals surface area contributed by atoms with Crippen LogP contribution in [0.15, 0.2) is 41.7 Å². The molecule has 1 aromatic carbocycles. The van der Waals surface area contributed by atoms with Crippen LogP contribution < -0.4 is 5.32 Å². The number of hydrogen-bond donors (Lipinski definition) is 1. The Morgan fingerprint density at radius 1 is 1.27 bits per heavy atom. The van der Waals surface area contributed by atoms with Crippen molar-refractivity contribution in [1.82, 2.24) is 15.0 Å². The first-order valence-corrected chi connectivity index (χ1v) is 8.44. The van der Waals surface area contributed by atoms with Gasteiger partial charge in [-0.3, -0.25) is 4.79 Å². The molecule has 3 aromatic rings. The molecule has 3 rings (SSSR count). The highest BCUT2D eigenvalue weighted by molar-refractivity contribution is 8.00. The Morgan fingerprint density at radius 2 is 2.09 bits per heavy atom. The van der Waals surface area contributed by atoms with Crippen molar-refractivity contribution in [1.29, 1.82) is 0 Å². The third-order valence-electron chi connectivity index (χ3n) is 2.95. The van der Waals surface area contributed by atoms with E-state index < -0.39 is 0 Å². The number of rotatable bonds is 4. The maximum atomic E-state index is 12.3. The largest absolute Gasteiger partial charge is 0.301 e. The second kappa shape index (κ2) is 6.41. The van der Waals surface area contributed by atoms with Crippen molar-refractivity contribution < 1.29 is 4.79 Å². The van der Waals surface area contributed by atoms with Crippen molar-refractivity contribution in [3.8, 4) is 0 Å². The number of amides is 1. The summed E-state index contributed by atoms with van der Waals surface area (Å²) in [5.74, 6) is -0.103. The number of aryl methyl sites for hydroxylation is 1. The molecular formula is C15H14N4OS2. The van der Waals surface area contributed by atoms with E-state index in [0.717, 1.165) is 15.9 Å². The summed E-state index contributed by atoms with van der Waals surface area (Å²) < 4.78 is 1.06. The van der Waals surface area contributed by atoms with Crippen LogP contribution in [0.25, 0.3) is 10.2 Å². The van der Waals surface area contributed by atoms with Crippen molar-refractivity contribution >= 4 is 44.4 Å². The minimum absolute atomic E-state index is 0.103. The van der Waals surface area contributed by atoms with Crippen LogP contribution in [-0.2, 0) is 4.79 Å². The number of carbonyl (C=O) groups is 1. The molecule has 0 fully saturated rings. The van der Waals surface area contributed by atoms with Gasteiger partial charge in [-0.25, -0.2) is 15.0 Å². The first kappa shape index (κ1) is 14.9. The van der Waals surface area contributed by atoms with E-state index in [0.29, 0.717) is 10.3 Å². The normalized spacial score (nSPS) is 12.3. The van der Waals surface area contributed by atoms with Gasteiger partial charge in [0, 0.05) is 11.9 Å². The Kier molecular flexibility index (Phi) is 4.35. The van der Waals surface area contributed by atoms with Crippen LogP contribution in [0.5, 0.6) is 0 Å². The predicted molar refractivity (Wildman–Crippen MR) is 90.3 cm³/mol. The fourth-order valence-corrected chi connectivity index (χ4v) is 3.50. The number of anilines is 1. The van der Waals surface area contributed by atoms with Gasteiger partial charge in [-0.2, -0.15) is 0 Å². The summed E-state index contributed by atoms with van der Waals surface area (Å²) in [5, 5.41) is 3.78. The number of nitrogens with zero attached hydrogens (tertiary/aromatic N) is 3. The number of fused-ring (bicyclic) bond motifs is 1. The molecule has 112 valence electrons. The molecule has 0 aliphatic rings. The lowest BCUT2D eigenvalue weighted by Crippen LogP contribution is -2.22. The van der Waals surface area contributed by atoms with E-state index in [1.54, 1.807) is 6.20 Å². The molecule has 0 saturated carbocycles. The second-order valence-electron chi connectivity index (χ2n) is 4.72. The quantitative estimate of drug-likeness (QED) is 0.585. The van der Waals surface area contributed by atoms with E-state index in [1.165, 1.54) is 23.1 Å². The number of hydrogen-bond acceptors (Lipinski definition) is 6. The van der Waals surface area contributed by atoms with Crippen LogP contribution in [0.2, 0.25) is 0 Å². The predicted octanol–water partition coefficient (Wildman–Crippen LogP) is 3.51. The lowest BCUT2D eigenvalue weighted by atomic mass is 10.3. The molecule has 0 saturated heterocycles. The minimum Gasteiger partial charge on any atom is -0.301 e. The van der Waals surface area contributed by atoms with Gasteiger partial charge in [0.2, 0.25) is 5.91 Å². The summed E-state index contributed by atoms with van der Waals surface area (Å²) in [7, 11) is 0. The van der Waals surface area contributed by atoms with Gasteiger partial charge in [-0.05, 0) is 32.0 Å². The third-order valence-corrected chi connectivity index (χ3v) is 4.88. The molecule has 0 spiro atoms. The highest BCUT2D eigenvalue weighted by atomic mass is 32.2.